The first-order valence-electron chi connectivity index (χ1n) is 5.76. The molecule has 3 rings (SSSR count). The van der Waals surface area contributed by atoms with E-state index in [4.69, 9.17) is 5.73 Å². The molecule has 0 atom stereocenters. The second-order valence-corrected chi connectivity index (χ2v) is 5.47. The molecule has 2 aromatic heterocycles. The molecule has 0 amide bonds. The smallest absolute Gasteiger partial charge is 0.152 e. The number of hydrogen-bond donors (Lipinski definition) is 1. The highest BCUT2D eigenvalue weighted by atomic mass is 32.1. The van der Waals surface area contributed by atoms with Gasteiger partial charge in [0, 0.05) is 24.2 Å². The van der Waals surface area contributed by atoms with Gasteiger partial charge in [0.25, 0.3) is 0 Å². The van der Waals surface area contributed by atoms with Gasteiger partial charge in [-0.1, -0.05) is 0 Å². The molecule has 3 nitrogen and oxygen atoms in total. The number of anilines is 2. The minimum atomic E-state index is 0.781. The quantitative estimate of drug-likeness (QED) is 0.839. The zero-order valence-electron chi connectivity index (χ0n) is 9.81. The highest BCUT2D eigenvalue weighted by Gasteiger charge is 2.19. The molecule has 0 unspecified atom stereocenters. The van der Waals surface area contributed by atoms with Crippen LogP contribution >= 0.6 is 11.3 Å². The fourth-order valence-electron chi connectivity index (χ4n) is 2.28. The number of fused-ring (bicyclic) bond motifs is 1. The standard InChI is InChI=1S/C13H15N3S/c1-9-6-11(14)13(15-7-9)16-4-2-12-10(8-16)3-5-17-12/h3,5-7H,2,4,8,14H2,1H3. The van der Waals surface area contributed by atoms with Crippen LogP contribution < -0.4 is 10.6 Å². The molecule has 1 aliphatic heterocycles. The Morgan fingerprint density at radius 3 is 3.18 bits per heavy atom. The van der Waals surface area contributed by atoms with Crippen LogP contribution in [0.4, 0.5) is 11.5 Å². The number of nitrogens with two attached hydrogens (primary N) is 1. The molecule has 0 radical (unpaired) electrons. The van der Waals surface area contributed by atoms with E-state index in [0.717, 1.165) is 36.6 Å². The van der Waals surface area contributed by atoms with Crippen molar-refractivity contribution in [2.75, 3.05) is 17.2 Å². The van der Waals surface area contributed by atoms with Gasteiger partial charge in [-0.25, -0.2) is 4.98 Å². The first-order chi connectivity index (χ1) is 8.24. The Bertz CT molecular complexity index is 547. The number of aryl methyl sites for hydroxylation is 1. The van der Waals surface area contributed by atoms with Crippen LogP contribution in [-0.2, 0) is 13.0 Å². The van der Waals surface area contributed by atoms with E-state index in [1.54, 1.807) is 0 Å². The number of nitrogens with zero attached hydrogens (tertiary/aromatic N) is 2. The lowest BCUT2D eigenvalue weighted by Gasteiger charge is -2.28. The van der Waals surface area contributed by atoms with Crippen LogP contribution in [0.2, 0.25) is 0 Å². The van der Waals surface area contributed by atoms with Gasteiger partial charge in [-0.2, -0.15) is 0 Å². The zero-order chi connectivity index (χ0) is 11.8. The Balaban J connectivity index is 1.91. The predicted molar refractivity (Wildman–Crippen MR) is 72.5 cm³/mol. The molecule has 3 heterocycles. The molecule has 0 saturated carbocycles. The van der Waals surface area contributed by atoms with Gasteiger partial charge in [-0.3, -0.25) is 0 Å². The molecular weight excluding hydrogens is 230 g/mol. The molecule has 0 spiro atoms. The lowest BCUT2D eigenvalue weighted by atomic mass is 10.1. The van der Waals surface area contributed by atoms with Gasteiger partial charge in [0.1, 0.15) is 0 Å². The minimum absolute atomic E-state index is 0.781. The van der Waals surface area contributed by atoms with Crippen molar-refractivity contribution in [2.45, 2.75) is 19.9 Å². The van der Waals surface area contributed by atoms with E-state index in [2.05, 4.69) is 21.3 Å². The summed E-state index contributed by atoms with van der Waals surface area (Å²) in [5.74, 6) is 0.924. The normalized spacial score (nSPS) is 14.8. The summed E-state index contributed by atoms with van der Waals surface area (Å²) in [7, 11) is 0. The number of pyridine rings is 1. The van der Waals surface area contributed by atoms with Crippen molar-refractivity contribution >= 4 is 22.8 Å². The molecule has 0 saturated heterocycles. The van der Waals surface area contributed by atoms with Gasteiger partial charge < -0.3 is 10.6 Å². The summed E-state index contributed by atoms with van der Waals surface area (Å²) in [4.78, 5) is 8.24. The molecule has 0 bridgehead atoms. The highest BCUT2D eigenvalue weighted by Crippen LogP contribution is 2.29. The summed E-state index contributed by atoms with van der Waals surface area (Å²) in [6.45, 7) is 3.95. The molecule has 0 aliphatic carbocycles. The summed E-state index contributed by atoms with van der Waals surface area (Å²) in [6, 6.07) is 4.20. The predicted octanol–water partition coefficient (Wildman–Crippen LogP) is 2.60. The van der Waals surface area contributed by atoms with E-state index in [1.807, 2.05) is 30.5 Å². The average Bonchev–Trinajstić information content (AvgIpc) is 2.75. The van der Waals surface area contributed by atoms with Gasteiger partial charge in [0.05, 0.1) is 5.69 Å². The van der Waals surface area contributed by atoms with Crippen molar-refractivity contribution in [3.8, 4) is 0 Å². The average molecular weight is 245 g/mol. The lowest BCUT2D eigenvalue weighted by Crippen LogP contribution is -2.30. The van der Waals surface area contributed by atoms with Gasteiger partial charge in [-0.15, -0.1) is 11.3 Å². The summed E-state index contributed by atoms with van der Waals surface area (Å²) in [6.07, 6.45) is 2.98. The van der Waals surface area contributed by atoms with Crippen LogP contribution in [0.1, 0.15) is 16.0 Å². The fourth-order valence-corrected chi connectivity index (χ4v) is 3.17. The third-order valence-electron chi connectivity index (χ3n) is 3.14. The summed E-state index contributed by atoms with van der Waals surface area (Å²) >= 11 is 1.85. The Kier molecular flexibility index (Phi) is 2.52. The molecule has 0 aromatic carbocycles. The highest BCUT2D eigenvalue weighted by molar-refractivity contribution is 7.10. The lowest BCUT2D eigenvalue weighted by molar-refractivity contribution is 0.733. The van der Waals surface area contributed by atoms with Crippen LogP contribution in [0, 0.1) is 6.92 Å². The van der Waals surface area contributed by atoms with Gasteiger partial charge in [0.2, 0.25) is 0 Å². The zero-order valence-corrected chi connectivity index (χ0v) is 10.6. The molecule has 17 heavy (non-hydrogen) atoms. The topological polar surface area (TPSA) is 42.2 Å². The third kappa shape index (κ3) is 1.89. The second kappa shape index (κ2) is 4.04. The van der Waals surface area contributed by atoms with Crippen molar-refractivity contribution in [2.24, 2.45) is 0 Å². The van der Waals surface area contributed by atoms with E-state index in [9.17, 15) is 0 Å². The monoisotopic (exact) mass is 245 g/mol. The number of rotatable bonds is 1. The molecule has 4 heteroatoms. The van der Waals surface area contributed by atoms with E-state index in [-0.39, 0.29) is 0 Å². The Hall–Kier alpha value is -1.55. The van der Waals surface area contributed by atoms with Crippen LogP contribution in [0.25, 0.3) is 0 Å². The molecule has 1 aliphatic rings. The Labute approximate surface area is 105 Å². The van der Waals surface area contributed by atoms with Crippen molar-refractivity contribution < 1.29 is 0 Å². The van der Waals surface area contributed by atoms with Crippen molar-refractivity contribution in [1.29, 1.82) is 0 Å². The minimum Gasteiger partial charge on any atom is -0.396 e. The summed E-state index contributed by atoms with van der Waals surface area (Å²) < 4.78 is 0. The Morgan fingerprint density at radius 1 is 1.47 bits per heavy atom. The van der Waals surface area contributed by atoms with E-state index < -0.39 is 0 Å². The maximum absolute atomic E-state index is 6.05. The van der Waals surface area contributed by atoms with Crippen LogP contribution in [0.3, 0.4) is 0 Å². The first-order valence-corrected chi connectivity index (χ1v) is 6.64. The SMILES string of the molecule is Cc1cnc(N2CCc3sccc3C2)c(N)c1. The fraction of sp³-hybridized carbons (Fsp3) is 0.308. The van der Waals surface area contributed by atoms with E-state index >= 15 is 0 Å². The van der Waals surface area contributed by atoms with Gasteiger partial charge in [-0.05, 0) is 42.0 Å². The van der Waals surface area contributed by atoms with E-state index in [0.29, 0.717) is 0 Å². The van der Waals surface area contributed by atoms with Crippen LogP contribution in [0.15, 0.2) is 23.7 Å². The number of nitrogen functional groups attached to an aromatic ring is 1. The first kappa shape index (κ1) is 10.6. The molecule has 2 aromatic rings. The summed E-state index contributed by atoms with van der Waals surface area (Å²) in [5, 5.41) is 2.17. The molecular formula is C13H15N3S. The van der Waals surface area contributed by atoms with Gasteiger partial charge in [0.15, 0.2) is 5.82 Å². The van der Waals surface area contributed by atoms with Crippen LogP contribution in [-0.4, -0.2) is 11.5 Å². The van der Waals surface area contributed by atoms with Crippen molar-refractivity contribution in [1.82, 2.24) is 4.98 Å². The number of aromatic nitrogens is 1. The van der Waals surface area contributed by atoms with E-state index in [1.165, 1.54) is 10.4 Å². The summed E-state index contributed by atoms with van der Waals surface area (Å²) in [5.41, 5.74) is 9.36. The van der Waals surface area contributed by atoms with Crippen molar-refractivity contribution in [3.63, 3.8) is 0 Å². The van der Waals surface area contributed by atoms with Crippen molar-refractivity contribution in [3.05, 3.63) is 39.7 Å². The molecule has 88 valence electrons. The number of thiophene rings is 1. The number of hydrogen-bond acceptors (Lipinski definition) is 4. The third-order valence-corrected chi connectivity index (χ3v) is 4.16. The maximum atomic E-state index is 6.05. The van der Waals surface area contributed by atoms with Gasteiger partial charge >= 0.3 is 0 Å². The molecule has 2 N–H and O–H groups in total. The second-order valence-electron chi connectivity index (χ2n) is 4.47. The maximum Gasteiger partial charge on any atom is 0.152 e. The molecule has 0 fully saturated rings. The largest absolute Gasteiger partial charge is 0.396 e. The van der Waals surface area contributed by atoms with Crippen LogP contribution in [0.5, 0.6) is 0 Å². The Morgan fingerprint density at radius 2 is 2.35 bits per heavy atom.